The lowest BCUT2D eigenvalue weighted by molar-refractivity contribution is -0.0568. The van der Waals surface area contributed by atoms with Gasteiger partial charge in [-0.1, -0.05) is 6.07 Å². The maximum absolute atomic E-state index is 13.5. The van der Waals surface area contributed by atoms with Crippen LogP contribution in [0.3, 0.4) is 0 Å². The largest absolute Gasteiger partial charge is 0.346 e. The minimum Gasteiger partial charge on any atom is -0.346 e. The van der Waals surface area contributed by atoms with E-state index in [0.717, 1.165) is 33.3 Å². The second-order valence-corrected chi connectivity index (χ2v) is 9.27. The van der Waals surface area contributed by atoms with Crippen LogP contribution >= 0.6 is 0 Å². The number of anilines is 1. The van der Waals surface area contributed by atoms with E-state index in [4.69, 9.17) is 0 Å². The number of aliphatic imine (C=N–C) groups is 1. The highest BCUT2D eigenvalue weighted by Gasteiger charge is 2.34. The van der Waals surface area contributed by atoms with Gasteiger partial charge in [-0.15, -0.1) is 0 Å². The first kappa shape index (κ1) is 22.5. The van der Waals surface area contributed by atoms with Crippen molar-refractivity contribution in [2.75, 3.05) is 18.4 Å². The van der Waals surface area contributed by atoms with Gasteiger partial charge < -0.3 is 10.3 Å². The number of amides is 1. The summed E-state index contributed by atoms with van der Waals surface area (Å²) in [6, 6.07) is 13.2. The summed E-state index contributed by atoms with van der Waals surface area (Å²) >= 11 is 0. The Morgan fingerprint density at radius 1 is 1.14 bits per heavy atom. The molecule has 1 amide bonds. The van der Waals surface area contributed by atoms with Crippen LogP contribution in [0.5, 0.6) is 0 Å². The summed E-state index contributed by atoms with van der Waals surface area (Å²) in [5.74, 6) is -2.92. The quantitative estimate of drug-likeness (QED) is 0.414. The lowest BCUT2D eigenvalue weighted by atomic mass is 9.97. The first-order valence-electron chi connectivity index (χ1n) is 11.9. The number of aromatic amines is 1. The van der Waals surface area contributed by atoms with Crippen LogP contribution < -0.4 is 5.32 Å². The summed E-state index contributed by atoms with van der Waals surface area (Å²) < 4.78 is 27.0. The van der Waals surface area contributed by atoms with Gasteiger partial charge in [0.05, 0.1) is 17.9 Å². The van der Waals surface area contributed by atoms with E-state index in [0.29, 0.717) is 37.6 Å². The molecule has 6 rings (SSSR count). The van der Waals surface area contributed by atoms with Gasteiger partial charge in [0.1, 0.15) is 11.3 Å². The van der Waals surface area contributed by atoms with E-state index in [2.05, 4.69) is 31.3 Å². The summed E-state index contributed by atoms with van der Waals surface area (Å²) in [4.78, 5) is 31.6. The Morgan fingerprint density at radius 3 is 2.86 bits per heavy atom. The number of benzene rings is 1. The van der Waals surface area contributed by atoms with Gasteiger partial charge in [-0.25, -0.2) is 18.7 Å². The molecular weight excluding hydrogens is 462 g/mol. The molecule has 36 heavy (non-hydrogen) atoms. The molecule has 182 valence electrons. The molecule has 0 saturated carbocycles. The van der Waals surface area contributed by atoms with Crippen LogP contribution in [-0.2, 0) is 13.1 Å². The molecule has 0 spiro atoms. The van der Waals surface area contributed by atoms with Gasteiger partial charge in [0.2, 0.25) is 0 Å². The number of H-pyrrole nitrogens is 1. The number of halogens is 2. The number of rotatable bonds is 5. The van der Waals surface area contributed by atoms with Crippen molar-refractivity contribution in [1.29, 1.82) is 0 Å². The van der Waals surface area contributed by atoms with Crippen molar-refractivity contribution in [2.24, 2.45) is 4.99 Å². The molecule has 0 unspecified atom stereocenters. The summed E-state index contributed by atoms with van der Waals surface area (Å²) in [6.07, 6.45) is 5.10. The number of carbonyl (C=O) groups is 1. The molecule has 0 radical (unpaired) electrons. The molecule has 2 aliphatic rings. The Labute approximate surface area is 206 Å². The number of piperidine rings is 1. The molecule has 1 saturated heterocycles. The van der Waals surface area contributed by atoms with Crippen molar-refractivity contribution in [3.63, 3.8) is 0 Å². The molecule has 0 atom stereocenters. The molecular formula is C27H24F2N6O. The molecule has 7 nitrogen and oxygen atoms in total. The van der Waals surface area contributed by atoms with E-state index < -0.39 is 5.92 Å². The predicted octanol–water partition coefficient (Wildman–Crippen LogP) is 5.04. The standard InChI is InChI=1S/C27H24F2N6O/c28-27(29)6-10-35(11-7-27)16-19-2-1-3-23(33-19)26(36)34-24-13-17(12-18-14-30-15-22(18)24)20-4-8-31-25-21(20)5-9-32-25/h1-5,8-9,12-13,15H,6-7,10-11,14,16H2,(H,31,32)(H,34,36). The van der Waals surface area contributed by atoms with E-state index in [1.165, 1.54) is 0 Å². The lowest BCUT2D eigenvalue weighted by Crippen LogP contribution is -2.39. The van der Waals surface area contributed by atoms with Crippen molar-refractivity contribution < 1.29 is 13.6 Å². The van der Waals surface area contributed by atoms with Gasteiger partial charge in [-0.2, -0.15) is 0 Å². The molecule has 1 fully saturated rings. The topological polar surface area (TPSA) is 86.3 Å². The third-order valence-electron chi connectivity index (χ3n) is 6.78. The van der Waals surface area contributed by atoms with E-state index in [-0.39, 0.29) is 24.4 Å². The number of likely N-dealkylation sites (tertiary alicyclic amines) is 1. The first-order chi connectivity index (χ1) is 17.4. The van der Waals surface area contributed by atoms with Crippen molar-refractivity contribution in [3.8, 4) is 11.1 Å². The second-order valence-electron chi connectivity index (χ2n) is 9.27. The fourth-order valence-electron chi connectivity index (χ4n) is 4.85. The minimum absolute atomic E-state index is 0.150. The van der Waals surface area contributed by atoms with Gasteiger partial charge in [-0.3, -0.25) is 14.7 Å². The number of fused-ring (bicyclic) bond motifs is 2. The summed E-state index contributed by atoms with van der Waals surface area (Å²) in [5.41, 5.74) is 6.32. The van der Waals surface area contributed by atoms with Crippen molar-refractivity contribution in [3.05, 3.63) is 77.4 Å². The van der Waals surface area contributed by atoms with Gasteiger partial charge in [-0.05, 0) is 53.1 Å². The van der Waals surface area contributed by atoms with Crippen molar-refractivity contribution in [1.82, 2.24) is 19.9 Å². The van der Waals surface area contributed by atoms with E-state index in [1.807, 2.05) is 35.4 Å². The molecule has 3 aromatic heterocycles. The molecule has 4 aromatic rings. The molecule has 2 N–H and O–H groups in total. The zero-order valence-corrected chi connectivity index (χ0v) is 19.5. The number of pyridine rings is 2. The normalized spacial score (nSPS) is 16.8. The number of nitrogens with one attached hydrogen (secondary N) is 2. The van der Waals surface area contributed by atoms with Gasteiger partial charge in [0, 0.05) is 62.0 Å². The maximum Gasteiger partial charge on any atom is 0.274 e. The van der Waals surface area contributed by atoms with Crippen LogP contribution in [0.1, 0.15) is 40.2 Å². The number of carbonyl (C=O) groups excluding carboxylic acids is 1. The molecule has 5 heterocycles. The molecule has 9 heteroatoms. The van der Waals surface area contributed by atoms with Crippen LogP contribution in [0.25, 0.3) is 22.2 Å². The predicted molar refractivity (Wildman–Crippen MR) is 134 cm³/mol. The number of aromatic nitrogens is 3. The van der Waals surface area contributed by atoms with E-state index in [1.54, 1.807) is 24.5 Å². The molecule has 0 bridgehead atoms. The summed E-state index contributed by atoms with van der Waals surface area (Å²) in [6.45, 7) is 1.61. The third-order valence-corrected chi connectivity index (χ3v) is 6.78. The summed E-state index contributed by atoms with van der Waals surface area (Å²) in [5, 5.41) is 4.02. The fourth-order valence-corrected chi connectivity index (χ4v) is 4.85. The maximum atomic E-state index is 13.5. The highest BCUT2D eigenvalue weighted by atomic mass is 19.3. The first-order valence-corrected chi connectivity index (χ1v) is 11.9. The fraction of sp³-hybridized carbons (Fsp3) is 0.259. The minimum atomic E-state index is -2.59. The number of hydrogen-bond donors (Lipinski definition) is 2. The Balaban J connectivity index is 1.25. The zero-order valence-electron chi connectivity index (χ0n) is 19.5. The van der Waals surface area contributed by atoms with Crippen molar-refractivity contribution >= 4 is 28.8 Å². The van der Waals surface area contributed by atoms with Gasteiger partial charge in [0.25, 0.3) is 11.8 Å². The Morgan fingerprint density at radius 2 is 2.00 bits per heavy atom. The average Bonchev–Trinajstić information content (AvgIpc) is 3.55. The SMILES string of the molecule is O=C(Nc1cc(-c2ccnc3[nH]ccc23)cc2c1C=NC2)c1cccc(CN2CCC(F)(F)CC2)n1. The van der Waals surface area contributed by atoms with Crippen LogP contribution in [0, 0.1) is 0 Å². The highest BCUT2D eigenvalue weighted by molar-refractivity contribution is 6.07. The zero-order chi connectivity index (χ0) is 24.7. The summed E-state index contributed by atoms with van der Waals surface area (Å²) in [7, 11) is 0. The van der Waals surface area contributed by atoms with Crippen LogP contribution in [0.15, 0.2) is 59.9 Å². The van der Waals surface area contributed by atoms with E-state index in [9.17, 15) is 13.6 Å². The molecule has 0 aliphatic carbocycles. The number of alkyl halides is 2. The smallest absolute Gasteiger partial charge is 0.274 e. The number of hydrogen-bond acceptors (Lipinski definition) is 5. The lowest BCUT2D eigenvalue weighted by Gasteiger charge is -2.31. The second kappa shape index (κ2) is 8.91. The van der Waals surface area contributed by atoms with Gasteiger partial charge in [0.15, 0.2) is 0 Å². The monoisotopic (exact) mass is 486 g/mol. The van der Waals surface area contributed by atoms with Crippen LogP contribution in [0.2, 0.25) is 0 Å². The number of nitrogens with zero attached hydrogens (tertiary/aromatic N) is 4. The Bertz CT molecular complexity index is 1480. The van der Waals surface area contributed by atoms with Crippen molar-refractivity contribution in [2.45, 2.75) is 31.9 Å². The van der Waals surface area contributed by atoms with Gasteiger partial charge >= 0.3 is 0 Å². The Kier molecular flexibility index (Phi) is 5.56. The van der Waals surface area contributed by atoms with E-state index >= 15 is 0 Å². The third kappa shape index (κ3) is 4.37. The Hall–Kier alpha value is -3.98. The highest BCUT2D eigenvalue weighted by Crippen LogP contribution is 2.34. The average molecular weight is 487 g/mol. The molecule has 1 aromatic carbocycles. The molecule has 2 aliphatic heterocycles. The van der Waals surface area contributed by atoms with Crippen LogP contribution in [-0.4, -0.2) is 51.0 Å². The van der Waals surface area contributed by atoms with Crippen LogP contribution in [0.4, 0.5) is 14.5 Å².